The topological polar surface area (TPSA) is 98.8 Å². The first kappa shape index (κ1) is 24.4. The number of carbonyl (C=O) groups is 2. The summed E-state index contributed by atoms with van der Waals surface area (Å²) in [7, 11) is -0.689. The van der Waals surface area contributed by atoms with Gasteiger partial charge < -0.3 is 15.5 Å². The predicted molar refractivity (Wildman–Crippen MR) is 137 cm³/mol. The average molecular weight is 493 g/mol. The monoisotopic (exact) mass is 492 g/mol. The maximum atomic E-state index is 12.9. The first-order valence-corrected chi connectivity index (χ1v) is 12.7. The molecule has 0 aliphatic carbocycles. The molecule has 1 aliphatic rings. The Morgan fingerprint density at radius 1 is 0.971 bits per heavy atom. The first-order chi connectivity index (χ1) is 16.7. The number of benzene rings is 3. The summed E-state index contributed by atoms with van der Waals surface area (Å²) in [6.45, 7) is 2.35. The number of hydrogen-bond acceptors (Lipinski definition) is 5. The van der Waals surface area contributed by atoms with Gasteiger partial charge >= 0.3 is 0 Å². The van der Waals surface area contributed by atoms with Crippen molar-refractivity contribution >= 4 is 38.9 Å². The lowest BCUT2D eigenvalue weighted by Gasteiger charge is -2.17. The normalized spacial score (nSPS) is 13.0. The molecule has 1 heterocycles. The van der Waals surface area contributed by atoms with Gasteiger partial charge in [-0.1, -0.05) is 24.3 Å². The summed E-state index contributed by atoms with van der Waals surface area (Å²) in [6, 6.07) is 19.7. The Bertz CT molecular complexity index is 1370. The molecule has 182 valence electrons. The van der Waals surface area contributed by atoms with Gasteiger partial charge in [0.05, 0.1) is 11.4 Å². The van der Waals surface area contributed by atoms with Crippen LogP contribution in [0.1, 0.15) is 21.5 Å². The molecular formula is C26H28N4O4S. The van der Waals surface area contributed by atoms with E-state index >= 15 is 0 Å². The number of fused-ring (bicyclic) bond motifs is 1. The molecule has 2 amide bonds. The molecule has 0 fully saturated rings. The van der Waals surface area contributed by atoms with E-state index in [4.69, 9.17) is 0 Å². The molecule has 8 nitrogen and oxygen atoms in total. The van der Waals surface area contributed by atoms with Crippen LogP contribution < -0.4 is 15.5 Å². The fourth-order valence-electron chi connectivity index (χ4n) is 3.98. The SMILES string of the molecule is Cc1ccc(NC(=O)CNc2ccc(C(=O)N3CCc4ccccc43)cc2)cc1S(=O)(=O)N(C)C. The maximum absolute atomic E-state index is 12.9. The highest BCUT2D eigenvalue weighted by molar-refractivity contribution is 7.89. The minimum atomic E-state index is -3.62. The Balaban J connectivity index is 1.36. The van der Waals surface area contributed by atoms with E-state index in [2.05, 4.69) is 10.6 Å². The van der Waals surface area contributed by atoms with Crippen molar-refractivity contribution in [2.24, 2.45) is 0 Å². The van der Waals surface area contributed by atoms with E-state index < -0.39 is 10.0 Å². The molecule has 0 atom stereocenters. The minimum Gasteiger partial charge on any atom is -0.376 e. The molecule has 35 heavy (non-hydrogen) atoms. The van der Waals surface area contributed by atoms with Gasteiger partial charge in [-0.2, -0.15) is 0 Å². The molecule has 9 heteroatoms. The van der Waals surface area contributed by atoms with Gasteiger partial charge in [-0.05, 0) is 66.9 Å². The third-order valence-electron chi connectivity index (χ3n) is 5.95. The third-order valence-corrected chi connectivity index (χ3v) is 7.90. The first-order valence-electron chi connectivity index (χ1n) is 11.2. The Kier molecular flexibility index (Phi) is 6.90. The maximum Gasteiger partial charge on any atom is 0.258 e. The Morgan fingerprint density at radius 2 is 1.66 bits per heavy atom. The minimum absolute atomic E-state index is 0.0174. The smallest absolute Gasteiger partial charge is 0.258 e. The second-order valence-corrected chi connectivity index (χ2v) is 10.7. The number of rotatable bonds is 7. The second-order valence-electron chi connectivity index (χ2n) is 8.58. The summed E-state index contributed by atoms with van der Waals surface area (Å²) in [4.78, 5) is 27.3. The summed E-state index contributed by atoms with van der Waals surface area (Å²) >= 11 is 0. The van der Waals surface area contributed by atoms with Crippen LogP contribution in [-0.4, -0.2) is 51.7 Å². The van der Waals surface area contributed by atoms with Crippen molar-refractivity contribution in [2.45, 2.75) is 18.2 Å². The Labute approximate surface area is 205 Å². The van der Waals surface area contributed by atoms with Crippen molar-refractivity contribution in [1.29, 1.82) is 0 Å². The van der Waals surface area contributed by atoms with Crippen LogP contribution in [0.25, 0.3) is 0 Å². The van der Waals surface area contributed by atoms with Gasteiger partial charge in [0.25, 0.3) is 5.91 Å². The lowest BCUT2D eigenvalue weighted by molar-refractivity contribution is -0.114. The zero-order valence-corrected chi connectivity index (χ0v) is 20.7. The van der Waals surface area contributed by atoms with Crippen LogP contribution in [-0.2, 0) is 21.2 Å². The lowest BCUT2D eigenvalue weighted by atomic mass is 10.1. The molecule has 2 N–H and O–H groups in total. The quantitative estimate of drug-likeness (QED) is 0.526. The fraction of sp³-hybridized carbons (Fsp3) is 0.231. The van der Waals surface area contributed by atoms with Crippen molar-refractivity contribution in [3.05, 3.63) is 83.4 Å². The number of para-hydroxylation sites is 1. The standard InChI is InChI=1S/C26H28N4O4S/c1-18-8-11-22(16-24(18)35(33,34)29(2)3)28-25(31)17-27-21-12-9-20(10-13-21)26(32)30-15-14-19-6-4-5-7-23(19)30/h4-13,16,27H,14-15,17H2,1-3H3,(H,28,31). The molecule has 0 saturated carbocycles. The summed E-state index contributed by atoms with van der Waals surface area (Å²) in [5, 5.41) is 5.75. The van der Waals surface area contributed by atoms with Crippen molar-refractivity contribution < 1.29 is 18.0 Å². The molecular weight excluding hydrogens is 464 g/mol. The van der Waals surface area contributed by atoms with Gasteiger partial charge in [-0.15, -0.1) is 0 Å². The van der Waals surface area contributed by atoms with Gasteiger partial charge in [-0.25, -0.2) is 12.7 Å². The number of nitrogens with one attached hydrogen (secondary N) is 2. The Hall–Kier alpha value is -3.69. The summed E-state index contributed by atoms with van der Waals surface area (Å²) in [5.74, 6) is -0.377. The molecule has 4 rings (SSSR count). The van der Waals surface area contributed by atoms with Crippen LogP contribution >= 0.6 is 0 Å². The highest BCUT2D eigenvalue weighted by Crippen LogP contribution is 2.29. The van der Waals surface area contributed by atoms with Crippen LogP contribution in [0.2, 0.25) is 0 Å². The van der Waals surface area contributed by atoms with E-state index in [0.717, 1.165) is 16.4 Å². The number of sulfonamides is 1. The van der Waals surface area contributed by atoms with Crippen molar-refractivity contribution in [3.63, 3.8) is 0 Å². The van der Waals surface area contributed by atoms with Crippen molar-refractivity contribution in [2.75, 3.05) is 42.7 Å². The van der Waals surface area contributed by atoms with Gasteiger partial charge in [0, 0.05) is 43.3 Å². The van der Waals surface area contributed by atoms with E-state index in [9.17, 15) is 18.0 Å². The largest absolute Gasteiger partial charge is 0.376 e. The van der Waals surface area contributed by atoms with Crippen LogP contribution in [0.5, 0.6) is 0 Å². The van der Waals surface area contributed by atoms with Crippen LogP contribution in [0.4, 0.5) is 17.1 Å². The zero-order valence-electron chi connectivity index (χ0n) is 19.9. The second kappa shape index (κ2) is 9.89. The third kappa shape index (κ3) is 5.21. The molecule has 0 unspecified atom stereocenters. The van der Waals surface area contributed by atoms with Crippen LogP contribution in [0.3, 0.4) is 0 Å². The van der Waals surface area contributed by atoms with Gasteiger partial charge in [0.1, 0.15) is 0 Å². The number of carbonyl (C=O) groups excluding carboxylic acids is 2. The average Bonchev–Trinajstić information content (AvgIpc) is 3.28. The van der Waals surface area contributed by atoms with Crippen molar-refractivity contribution in [3.8, 4) is 0 Å². The fourth-order valence-corrected chi connectivity index (χ4v) is 5.12. The van der Waals surface area contributed by atoms with Gasteiger partial charge in [0.2, 0.25) is 15.9 Å². The molecule has 3 aromatic carbocycles. The number of anilines is 3. The van der Waals surface area contributed by atoms with Gasteiger partial charge in [0.15, 0.2) is 0 Å². The molecule has 0 saturated heterocycles. The number of aryl methyl sites for hydroxylation is 1. The molecule has 0 bridgehead atoms. The van der Waals surface area contributed by atoms with E-state index in [1.807, 2.05) is 24.3 Å². The molecule has 0 spiro atoms. The molecule has 1 aliphatic heterocycles. The van der Waals surface area contributed by atoms with Gasteiger partial charge in [-0.3, -0.25) is 9.59 Å². The number of amides is 2. The lowest BCUT2D eigenvalue weighted by Crippen LogP contribution is -2.28. The summed E-state index contributed by atoms with van der Waals surface area (Å²) in [6.07, 6.45) is 0.847. The molecule has 0 radical (unpaired) electrons. The molecule has 0 aromatic heterocycles. The highest BCUT2D eigenvalue weighted by atomic mass is 32.2. The van der Waals surface area contributed by atoms with Crippen LogP contribution in [0, 0.1) is 6.92 Å². The number of hydrogen-bond donors (Lipinski definition) is 2. The molecule has 3 aromatic rings. The zero-order chi connectivity index (χ0) is 25.2. The summed E-state index contributed by atoms with van der Waals surface area (Å²) in [5.41, 5.74) is 4.39. The number of nitrogens with zero attached hydrogens (tertiary/aromatic N) is 2. The van der Waals surface area contributed by atoms with E-state index in [1.54, 1.807) is 48.2 Å². The predicted octanol–water partition coefficient (Wildman–Crippen LogP) is 3.50. The van der Waals surface area contributed by atoms with E-state index in [0.29, 0.717) is 29.0 Å². The highest BCUT2D eigenvalue weighted by Gasteiger charge is 2.25. The van der Waals surface area contributed by atoms with E-state index in [-0.39, 0.29) is 23.3 Å². The summed E-state index contributed by atoms with van der Waals surface area (Å²) < 4.78 is 26.1. The Morgan fingerprint density at radius 3 is 2.37 bits per heavy atom. The van der Waals surface area contributed by atoms with Crippen molar-refractivity contribution in [1.82, 2.24) is 4.31 Å². The van der Waals surface area contributed by atoms with Crippen LogP contribution in [0.15, 0.2) is 71.6 Å². The van der Waals surface area contributed by atoms with E-state index in [1.165, 1.54) is 25.7 Å².